The fourth-order valence-electron chi connectivity index (χ4n) is 2.19. The first-order valence-electron chi connectivity index (χ1n) is 6.08. The number of ether oxygens (including phenoxy) is 1. The third-order valence-electron chi connectivity index (χ3n) is 2.82. The summed E-state index contributed by atoms with van der Waals surface area (Å²) in [7, 11) is 1.70. The molecule has 1 amide bonds. The Morgan fingerprint density at radius 1 is 1.50 bits per heavy atom. The van der Waals surface area contributed by atoms with Crippen LogP contribution in [0.4, 0.5) is 0 Å². The molecular formula is C12H24N2O2. The second kappa shape index (κ2) is 6.21. The Hall–Kier alpha value is -0.610. The van der Waals surface area contributed by atoms with Crippen LogP contribution in [0, 0.1) is 5.92 Å². The summed E-state index contributed by atoms with van der Waals surface area (Å²) >= 11 is 0. The van der Waals surface area contributed by atoms with E-state index in [2.05, 4.69) is 26.1 Å². The van der Waals surface area contributed by atoms with Gasteiger partial charge in [-0.05, 0) is 12.3 Å². The van der Waals surface area contributed by atoms with Crippen LogP contribution in [0.2, 0.25) is 0 Å². The Morgan fingerprint density at radius 3 is 2.75 bits per heavy atom. The smallest absolute Gasteiger partial charge is 0.239 e. The zero-order valence-electron chi connectivity index (χ0n) is 10.8. The minimum Gasteiger partial charge on any atom is -0.384 e. The summed E-state index contributed by atoms with van der Waals surface area (Å²) in [6, 6.07) is 0.389. The van der Waals surface area contributed by atoms with Crippen molar-refractivity contribution < 1.29 is 9.53 Å². The molecule has 1 rings (SSSR count). The molecule has 0 aromatic rings. The van der Waals surface area contributed by atoms with Crippen LogP contribution in [-0.2, 0) is 9.53 Å². The van der Waals surface area contributed by atoms with Crippen molar-refractivity contribution >= 4 is 5.91 Å². The van der Waals surface area contributed by atoms with Crippen molar-refractivity contribution in [2.75, 3.05) is 26.8 Å². The van der Waals surface area contributed by atoms with Gasteiger partial charge >= 0.3 is 0 Å². The number of amides is 1. The third-order valence-corrected chi connectivity index (χ3v) is 2.82. The fraction of sp³-hybridized carbons (Fsp3) is 0.917. The van der Waals surface area contributed by atoms with Crippen LogP contribution < -0.4 is 5.32 Å². The Kier molecular flexibility index (Phi) is 5.22. The maximum absolute atomic E-state index is 12.0. The lowest BCUT2D eigenvalue weighted by atomic mass is 10.2. The Labute approximate surface area is 98.3 Å². The summed E-state index contributed by atoms with van der Waals surface area (Å²) in [4.78, 5) is 14.0. The molecule has 0 aromatic carbocycles. The van der Waals surface area contributed by atoms with E-state index in [9.17, 15) is 4.79 Å². The van der Waals surface area contributed by atoms with E-state index in [0.717, 1.165) is 19.5 Å². The summed E-state index contributed by atoms with van der Waals surface area (Å²) in [6.45, 7) is 8.65. The molecule has 1 fully saturated rings. The van der Waals surface area contributed by atoms with E-state index in [1.807, 2.05) is 4.90 Å². The van der Waals surface area contributed by atoms with E-state index in [0.29, 0.717) is 18.6 Å². The second-order valence-corrected chi connectivity index (χ2v) is 5.01. The lowest BCUT2D eigenvalue weighted by molar-refractivity contribution is -0.130. The monoisotopic (exact) mass is 228 g/mol. The molecule has 0 bridgehead atoms. The van der Waals surface area contributed by atoms with Crippen molar-refractivity contribution in [3.8, 4) is 0 Å². The Bertz CT molecular complexity index is 231. The van der Waals surface area contributed by atoms with Crippen LogP contribution >= 0.6 is 0 Å². The average Bonchev–Trinajstić information content (AvgIpc) is 2.50. The highest BCUT2D eigenvalue weighted by molar-refractivity contribution is 5.84. The molecule has 1 aliphatic heterocycles. The molecule has 1 aliphatic rings. The van der Waals surface area contributed by atoms with Crippen molar-refractivity contribution in [3.05, 3.63) is 0 Å². The number of rotatable bonds is 6. The van der Waals surface area contributed by atoms with Gasteiger partial charge in [-0.1, -0.05) is 20.8 Å². The lowest BCUT2D eigenvalue weighted by Crippen LogP contribution is -2.42. The van der Waals surface area contributed by atoms with Gasteiger partial charge in [-0.3, -0.25) is 4.79 Å². The molecule has 2 atom stereocenters. The van der Waals surface area contributed by atoms with Crippen molar-refractivity contribution in [3.63, 3.8) is 0 Å². The van der Waals surface area contributed by atoms with Crippen molar-refractivity contribution in [2.45, 2.75) is 39.3 Å². The standard InChI is InChI=1S/C12H24N2O2/c1-9(2)13-11-5-6-14(12(11)15)7-10(3)8-16-4/h9-11,13H,5-8H2,1-4H3. The van der Waals surface area contributed by atoms with E-state index in [4.69, 9.17) is 4.74 Å². The molecule has 0 aliphatic carbocycles. The Morgan fingerprint density at radius 2 is 2.19 bits per heavy atom. The number of hydrogen-bond acceptors (Lipinski definition) is 3. The largest absolute Gasteiger partial charge is 0.384 e. The van der Waals surface area contributed by atoms with E-state index >= 15 is 0 Å². The highest BCUT2D eigenvalue weighted by Crippen LogP contribution is 2.14. The molecule has 1 saturated heterocycles. The first-order chi connectivity index (χ1) is 7.54. The van der Waals surface area contributed by atoms with Crippen LogP contribution in [0.15, 0.2) is 0 Å². The van der Waals surface area contributed by atoms with Crippen molar-refractivity contribution in [1.82, 2.24) is 10.2 Å². The van der Waals surface area contributed by atoms with E-state index in [1.54, 1.807) is 7.11 Å². The van der Waals surface area contributed by atoms with Gasteiger partial charge in [-0.15, -0.1) is 0 Å². The molecule has 1 N–H and O–H groups in total. The molecule has 4 heteroatoms. The number of likely N-dealkylation sites (tertiary alicyclic amines) is 1. The molecule has 94 valence electrons. The third kappa shape index (κ3) is 3.76. The molecule has 16 heavy (non-hydrogen) atoms. The fourth-order valence-corrected chi connectivity index (χ4v) is 2.19. The van der Waals surface area contributed by atoms with Gasteiger partial charge in [-0.2, -0.15) is 0 Å². The van der Waals surface area contributed by atoms with Gasteiger partial charge in [0.05, 0.1) is 12.6 Å². The lowest BCUT2D eigenvalue weighted by Gasteiger charge is -2.21. The predicted octanol–water partition coefficient (Wildman–Crippen LogP) is 0.868. The number of methoxy groups -OCH3 is 1. The molecular weight excluding hydrogens is 204 g/mol. The molecule has 2 unspecified atom stereocenters. The van der Waals surface area contributed by atoms with Crippen molar-refractivity contribution in [1.29, 1.82) is 0 Å². The number of nitrogens with one attached hydrogen (secondary N) is 1. The quantitative estimate of drug-likeness (QED) is 0.733. The van der Waals surface area contributed by atoms with Crippen LogP contribution in [-0.4, -0.2) is 49.7 Å². The summed E-state index contributed by atoms with van der Waals surface area (Å²) in [6.07, 6.45) is 0.927. The molecule has 1 heterocycles. The average molecular weight is 228 g/mol. The van der Waals surface area contributed by atoms with Gasteiger partial charge in [0.15, 0.2) is 0 Å². The predicted molar refractivity (Wildman–Crippen MR) is 64.3 cm³/mol. The number of carbonyl (C=O) groups excluding carboxylic acids is 1. The van der Waals surface area contributed by atoms with E-state index in [-0.39, 0.29) is 11.9 Å². The van der Waals surface area contributed by atoms with E-state index in [1.165, 1.54) is 0 Å². The van der Waals surface area contributed by atoms with Crippen LogP contribution in [0.3, 0.4) is 0 Å². The molecule has 4 nitrogen and oxygen atoms in total. The molecule has 0 spiro atoms. The normalized spacial score (nSPS) is 23.2. The van der Waals surface area contributed by atoms with Gasteiger partial charge in [0.2, 0.25) is 5.91 Å². The highest BCUT2D eigenvalue weighted by Gasteiger charge is 2.32. The highest BCUT2D eigenvalue weighted by atomic mass is 16.5. The zero-order chi connectivity index (χ0) is 12.1. The van der Waals surface area contributed by atoms with Gasteiger partial charge in [0.25, 0.3) is 0 Å². The number of nitrogens with zero attached hydrogens (tertiary/aromatic N) is 1. The number of carbonyl (C=O) groups is 1. The first kappa shape index (κ1) is 13.5. The molecule has 0 saturated carbocycles. The summed E-state index contributed by atoms with van der Waals surface area (Å²) in [5, 5.41) is 3.30. The maximum atomic E-state index is 12.0. The minimum absolute atomic E-state index is 0.0229. The van der Waals surface area contributed by atoms with Gasteiger partial charge < -0.3 is 15.0 Å². The van der Waals surface area contributed by atoms with Gasteiger partial charge in [0, 0.05) is 26.2 Å². The topological polar surface area (TPSA) is 41.6 Å². The van der Waals surface area contributed by atoms with Crippen molar-refractivity contribution in [2.24, 2.45) is 5.92 Å². The second-order valence-electron chi connectivity index (χ2n) is 5.01. The molecule has 0 radical (unpaired) electrons. The van der Waals surface area contributed by atoms with Crippen LogP contribution in [0.5, 0.6) is 0 Å². The minimum atomic E-state index is 0.0229. The van der Waals surface area contributed by atoms with E-state index < -0.39 is 0 Å². The SMILES string of the molecule is COCC(C)CN1CCC(NC(C)C)C1=O. The number of hydrogen-bond donors (Lipinski definition) is 1. The first-order valence-corrected chi connectivity index (χ1v) is 6.08. The van der Waals surface area contributed by atoms with Gasteiger partial charge in [0.1, 0.15) is 0 Å². The summed E-state index contributed by atoms with van der Waals surface area (Å²) in [5.41, 5.74) is 0. The zero-order valence-corrected chi connectivity index (χ0v) is 10.8. The van der Waals surface area contributed by atoms with Gasteiger partial charge in [-0.25, -0.2) is 0 Å². The Balaban J connectivity index is 2.38. The maximum Gasteiger partial charge on any atom is 0.239 e. The van der Waals surface area contributed by atoms with Crippen LogP contribution in [0.1, 0.15) is 27.2 Å². The van der Waals surface area contributed by atoms with Crippen LogP contribution in [0.25, 0.3) is 0 Å². The molecule has 0 aromatic heterocycles. The summed E-state index contributed by atoms with van der Waals surface area (Å²) in [5.74, 6) is 0.656. The summed E-state index contributed by atoms with van der Waals surface area (Å²) < 4.78 is 5.09.